The first-order valence-corrected chi connectivity index (χ1v) is 5.68. The molecule has 3 rings (SSSR count). The zero-order valence-electron chi connectivity index (χ0n) is 9.64. The quantitative estimate of drug-likeness (QED) is 0.852. The molecule has 0 radical (unpaired) electrons. The van der Waals surface area contributed by atoms with Crippen LogP contribution in [0.1, 0.15) is 10.5 Å². The Labute approximate surface area is 99.2 Å². The van der Waals surface area contributed by atoms with Crippen LogP contribution in [0.5, 0.6) is 0 Å². The number of benzene rings is 1. The average molecular weight is 230 g/mol. The van der Waals surface area contributed by atoms with Crippen LogP contribution in [-0.2, 0) is 4.74 Å². The Morgan fingerprint density at radius 3 is 2.88 bits per heavy atom. The first-order chi connectivity index (χ1) is 8.28. The van der Waals surface area contributed by atoms with E-state index in [9.17, 15) is 4.79 Å². The number of carbonyl (C=O) groups is 1. The number of amides is 1. The molecule has 0 bridgehead atoms. The molecule has 0 spiro atoms. The van der Waals surface area contributed by atoms with Crippen molar-refractivity contribution in [3.63, 3.8) is 0 Å². The molecular weight excluding hydrogens is 216 g/mol. The van der Waals surface area contributed by atoms with Crippen molar-refractivity contribution in [3.8, 4) is 0 Å². The van der Waals surface area contributed by atoms with E-state index in [1.165, 1.54) is 0 Å². The van der Waals surface area contributed by atoms with E-state index in [1.807, 2.05) is 30.3 Å². The number of fused-ring (bicyclic) bond motifs is 1. The highest BCUT2D eigenvalue weighted by atomic mass is 16.5. The summed E-state index contributed by atoms with van der Waals surface area (Å²) in [5.41, 5.74) is 1.65. The number of likely N-dealkylation sites (tertiary alicyclic amines) is 1. The molecule has 4 heteroatoms. The van der Waals surface area contributed by atoms with Crippen molar-refractivity contribution in [2.75, 3.05) is 20.2 Å². The molecule has 0 aliphatic carbocycles. The van der Waals surface area contributed by atoms with E-state index in [1.54, 1.807) is 12.0 Å². The Morgan fingerprint density at radius 2 is 2.18 bits per heavy atom. The van der Waals surface area contributed by atoms with E-state index in [0.29, 0.717) is 18.8 Å². The van der Waals surface area contributed by atoms with E-state index in [2.05, 4.69) is 4.98 Å². The molecule has 1 amide bonds. The number of hydrogen-bond acceptors (Lipinski definition) is 2. The first kappa shape index (κ1) is 10.4. The number of carbonyl (C=O) groups excluding carboxylic acids is 1. The summed E-state index contributed by atoms with van der Waals surface area (Å²) in [5.74, 6) is 0.0505. The summed E-state index contributed by atoms with van der Waals surface area (Å²) in [6, 6.07) is 9.79. The van der Waals surface area contributed by atoms with Gasteiger partial charge in [-0.1, -0.05) is 18.2 Å². The maximum atomic E-state index is 12.1. The number of H-pyrrole nitrogens is 1. The highest BCUT2D eigenvalue weighted by Gasteiger charge is 2.31. The lowest BCUT2D eigenvalue weighted by Crippen LogP contribution is -2.54. The van der Waals surface area contributed by atoms with Crippen LogP contribution in [0.3, 0.4) is 0 Å². The topological polar surface area (TPSA) is 45.3 Å². The van der Waals surface area contributed by atoms with Crippen LogP contribution in [0.15, 0.2) is 30.3 Å². The molecule has 1 aliphatic heterocycles. The molecule has 1 aliphatic rings. The van der Waals surface area contributed by atoms with Gasteiger partial charge in [-0.2, -0.15) is 0 Å². The molecule has 1 fully saturated rings. The predicted molar refractivity (Wildman–Crippen MR) is 65.0 cm³/mol. The fourth-order valence-electron chi connectivity index (χ4n) is 2.11. The second-order valence-corrected chi connectivity index (χ2v) is 4.34. The van der Waals surface area contributed by atoms with Crippen molar-refractivity contribution in [2.24, 2.45) is 0 Å². The van der Waals surface area contributed by atoms with Crippen molar-refractivity contribution < 1.29 is 9.53 Å². The summed E-state index contributed by atoms with van der Waals surface area (Å²) < 4.78 is 5.16. The number of ether oxygens (including phenoxy) is 1. The summed E-state index contributed by atoms with van der Waals surface area (Å²) in [6.07, 6.45) is 0.198. The Hall–Kier alpha value is -1.81. The monoisotopic (exact) mass is 230 g/mol. The number of aromatic nitrogens is 1. The van der Waals surface area contributed by atoms with Crippen LogP contribution < -0.4 is 0 Å². The third-order valence-corrected chi connectivity index (χ3v) is 3.23. The Balaban J connectivity index is 1.82. The molecule has 4 nitrogen and oxygen atoms in total. The van der Waals surface area contributed by atoms with Crippen LogP contribution in [0.2, 0.25) is 0 Å². The molecule has 2 aromatic rings. The maximum absolute atomic E-state index is 12.1. The van der Waals surface area contributed by atoms with E-state index in [4.69, 9.17) is 4.74 Å². The standard InChI is InChI=1S/C13H14N2O2/c1-17-10-7-15(8-10)13(16)12-6-9-4-2-3-5-11(9)14-12/h2-6,10,14H,7-8H2,1H3. The number of nitrogens with zero attached hydrogens (tertiary/aromatic N) is 1. The fraction of sp³-hybridized carbons (Fsp3) is 0.308. The Bertz CT molecular complexity index is 522. The number of rotatable bonds is 2. The molecule has 17 heavy (non-hydrogen) atoms. The SMILES string of the molecule is COC1CN(C(=O)c2cc3ccccc3[nH]2)C1. The minimum atomic E-state index is 0.0505. The highest BCUT2D eigenvalue weighted by molar-refractivity contribution is 5.98. The second kappa shape index (κ2) is 3.89. The average Bonchev–Trinajstić information content (AvgIpc) is 2.71. The van der Waals surface area contributed by atoms with E-state index < -0.39 is 0 Å². The van der Waals surface area contributed by atoms with Crippen LogP contribution in [0, 0.1) is 0 Å². The lowest BCUT2D eigenvalue weighted by Gasteiger charge is -2.37. The van der Waals surface area contributed by atoms with Crippen LogP contribution >= 0.6 is 0 Å². The molecule has 2 heterocycles. The smallest absolute Gasteiger partial charge is 0.270 e. The van der Waals surface area contributed by atoms with Gasteiger partial charge in [-0.15, -0.1) is 0 Å². The zero-order valence-corrected chi connectivity index (χ0v) is 9.64. The third-order valence-electron chi connectivity index (χ3n) is 3.23. The summed E-state index contributed by atoms with van der Waals surface area (Å²) in [6.45, 7) is 1.37. The van der Waals surface area contributed by atoms with Gasteiger partial charge in [-0.05, 0) is 12.1 Å². The second-order valence-electron chi connectivity index (χ2n) is 4.34. The number of nitrogens with one attached hydrogen (secondary N) is 1. The normalized spacial score (nSPS) is 16.2. The zero-order chi connectivity index (χ0) is 11.8. The lowest BCUT2D eigenvalue weighted by molar-refractivity contribution is -0.0194. The lowest BCUT2D eigenvalue weighted by atomic mass is 10.1. The van der Waals surface area contributed by atoms with Crippen molar-refractivity contribution in [1.29, 1.82) is 0 Å². The van der Waals surface area contributed by atoms with Crippen molar-refractivity contribution in [1.82, 2.24) is 9.88 Å². The van der Waals surface area contributed by atoms with Gasteiger partial charge in [0.25, 0.3) is 5.91 Å². The van der Waals surface area contributed by atoms with E-state index in [-0.39, 0.29) is 12.0 Å². The molecule has 1 N–H and O–H groups in total. The van der Waals surface area contributed by atoms with Gasteiger partial charge in [0.2, 0.25) is 0 Å². The van der Waals surface area contributed by atoms with Crippen molar-refractivity contribution >= 4 is 16.8 Å². The molecular formula is C13H14N2O2. The van der Waals surface area contributed by atoms with Gasteiger partial charge >= 0.3 is 0 Å². The minimum Gasteiger partial charge on any atom is -0.378 e. The van der Waals surface area contributed by atoms with Gasteiger partial charge in [-0.25, -0.2) is 0 Å². The number of methoxy groups -OCH3 is 1. The molecule has 0 saturated carbocycles. The van der Waals surface area contributed by atoms with Gasteiger partial charge in [0, 0.05) is 31.1 Å². The first-order valence-electron chi connectivity index (χ1n) is 5.68. The van der Waals surface area contributed by atoms with Crippen LogP contribution in [0.25, 0.3) is 10.9 Å². The molecule has 0 unspecified atom stereocenters. The van der Waals surface area contributed by atoms with Gasteiger partial charge in [0.15, 0.2) is 0 Å². The predicted octanol–water partition coefficient (Wildman–Crippen LogP) is 1.64. The number of para-hydroxylation sites is 1. The number of aromatic amines is 1. The van der Waals surface area contributed by atoms with Crippen LogP contribution in [-0.4, -0.2) is 42.1 Å². The molecule has 0 atom stereocenters. The summed E-state index contributed by atoms with van der Waals surface area (Å²) in [4.78, 5) is 17.0. The highest BCUT2D eigenvalue weighted by Crippen LogP contribution is 2.19. The Kier molecular flexibility index (Phi) is 2.37. The van der Waals surface area contributed by atoms with Crippen molar-refractivity contribution in [2.45, 2.75) is 6.10 Å². The summed E-state index contributed by atoms with van der Waals surface area (Å²) >= 11 is 0. The molecule has 1 saturated heterocycles. The van der Waals surface area contributed by atoms with Gasteiger partial charge in [0.05, 0.1) is 6.10 Å². The molecule has 1 aromatic heterocycles. The summed E-state index contributed by atoms with van der Waals surface area (Å²) in [5, 5.41) is 1.07. The minimum absolute atomic E-state index is 0.0505. The van der Waals surface area contributed by atoms with E-state index in [0.717, 1.165) is 10.9 Å². The summed E-state index contributed by atoms with van der Waals surface area (Å²) in [7, 11) is 1.68. The Morgan fingerprint density at radius 1 is 1.41 bits per heavy atom. The third kappa shape index (κ3) is 1.70. The maximum Gasteiger partial charge on any atom is 0.270 e. The number of hydrogen-bond donors (Lipinski definition) is 1. The van der Waals surface area contributed by atoms with E-state index >= 15 is 0 Å². The molecule has 88 valence electrons. The van der Waals surface area contributed by atoms with Crippen LogP contribution in [0.4, 0.5) is 0 Å². The fourth-order valence-corrected chi connectivity index (χ4v) is 2.11. The van der Waals surface area contributed by atoms with Gasteiger partial charge < -0.3 is 14.6 Å². The van der Waals surface area contributed by atoms with Crippen molar-refractivity contribution in [3.05, 3.63) is 36.0 Å². The van der Waals surface area contributed by atoms with Gasteiger partial charge in [0.1, 0.15) is 5.69 Å². The van der Waals surface area contributed by atoms with Gasteiger partial charge in [-0.3, -0.25) is 4.79 Å². The largest absolute Gasteiger partial charge is 0.378 e. The molecule has 1 aromatic carbocycles.